The minimum Gasteiger partial charge on any atom is -0.267 e. The Morgan fingerprint density at radius 3 is 2.55 bits per heavy atom. The van der Waals surface area contributed by atoms with E-state index in [2.05, 4.69) is 44.9 Å². The molecular formula is C8H10BrNS. The summed E-state index contributed by atoms with van der Waals surface area (Å²) in [5.41, 5.74) is 1.34. The molecule has 1 nitrogen and oxygen atoms in total. The van der Waals surface area contributed by atoms with Crippen molar-refractivity contribution < 1.29 is 0 Å². The van der Waals surface area contributed by atoms with Crippen LogP contribution >= 0.6 is 27.9 Å². The van der Waals surface area contributed by atoms with Crippen LogP contribution in [0.3, 0.4) is 0 Å². The summed E-state index contributed by atoms with van der Waals surface area (Å²) in [6.45, 7) is 0. The zero-order valence-electron chi connectivity index (χ0n) is 6.30. The van der Waals surface area contributed by atoms with Crippen LogP contribution in [-0.2, 0) is 5.75 Å². The second kappa shape index (κ2) is 4.80. The first-order valence-electron chi connectivity index (χ1n) is 3.36. The summed E-state index contributed by atoms with van der Waals surface area (Å²) >= 11 is 5.09. The van der Waals surface area contributed by atoms with Crippen molar-refractivity contribution in [3.05, 3.63) is 34.3 Å². The molecule has 0 fully saturated rings. The lowest BCUT2D eigenvalue weighted by Crippen LogP contribution is -1.92. The van der Waals surface area contributed by atoms with Gasteiger partial charge in [-0.1, -0.05) is 40.0 Å². The highest BCUT2D eigenvalue weighted by molar-refractivity contribution is 9.10. The molecule has 0 amide bonds. The van der Waals surface area contributed by atoms with Gasteiger partial charge in [-0.3, -0.25) is 4.72 Å². The van der Waals surface area contributed by atoms with Gasteiger partial charge < -0.3 is 0 Å². The normalized spacial score (nSPS) is 10.0. The zero-order chi connectivity index (χ0) is 8.10. The number of halogens is 1. The van der Waals surface area contributed by atoms with Gasteiger partial charge in [0.25, 0.3) is 0 Å². The SMILES string of the molecule is CNSCc1ccc(Br)cc1. The summed E-state index contributed by atoms with van der Waals surface area (Å²) in [5.74, 6) is 1.02. The molecule has 0 spiro atoms. The van der Waals surface area contributed by atoms with Crippen molar-refractivity contribution in [2.75, 3.05) is 7.05 Å². The van der Waals surface area contributed by atoms with Crippen molar-refractivity contribution >= 4 is 27.9 Å². The Kier molecular flexibility index (Phi) is 3.97. The fourth-order valence-electron chi connectivity index (χ4n) is 0.736. The highest BCUT2D eigenvalue weighted by Gasteiger charge is 1.90. The van der Waals surface area contributed by atoms with Crippen LogP contribution < -0.4 is 4.72 Å². The van der Waals surface area contributed by atoms with Crippen molar-refractivity contribution in [2.45, 2.75) is 5.75 Å². The van der Waals surface area contributed by atoms with E-state index in [1.807, 2.05) is 7.05 Å². The molecule has 1 rings (SSSR count). The molecule has 0 aromatic heterocycles. The molecule has 0 unspecified atom stereocenters. The van der Waals surface area contributed by atoms with Crippen LogP contribution in [0.25, 0.3) is 0 Å². The molecule has 0 aliphatic carbocycles. The maximum Gasteiger partial charge on any atom is 0.0330 e. The molecule has 60 valence electrons. The Bertz CT molecular complexity index is 210. The molecule has 11 heavy (non-hydrogen) atoms. The first-order valence-corrected chi connectivity index (χ1v) is 5.14. The third-order valence-electron chi connectivity index (χ3n) is 1.30. The van der Waals surface area contributed by atoms with Crippen molar-refractivity contribution in [1.29, 1.82) is 0 Å². The van der Waals surface area contributed by atoms with Crippen LogP contribution in [0.5, 0.6) is 0 Å². The molecule has 1 aromatic rings. The summed E-state index contributed by atoms with van der Waals surface area (Å²) in [6, 6.07) is 8.36. The average Bonchev–Trinajstić information content (AvgIpc) is 2.04. The van der Waals surface area contributed by atoms with E-state index in [0.29, 0.717) is 0 Å². The Morgan fingerprint density at radius 2 is 2.00 bits per heavy atom. The molecule has 0 heterocycles. The Balaban J connectivity index is 2.52. The highest BCUT2D eigenvalue weighted by Crippen LogP contribution is 2.13. The number of benzene rings is 1. The predicted octanol–water partition coefficient (Wildman–Crippen LogP) is 2.82. The van der Waals surface area contributed by atoms with Crippen LogP contribution in [0.15, 0.2) is 28.7 Å². The van der Waals surface area contributed by atoms with Gasteiger partial charge in [-0.15, -0.1) is 0 Å². The monoisotopic (exact) mass is 231 g/mol. The largest absolute Gasteiger partial charge is 0.267 e. The minimum absolute atomic E-state index is 1.02. The second-order valence-corrected chi connectivity index (χ2v) is 4.02. The minimum atomic E-state index is 1.02. The average molecular weight is 232 g/mol. The van der Waals surface area contributed by atoms with Gasteiger partial charge in [0, 0.05) is 10.2 Å². The third-order valence-corrected chi connectivity index (χ3v) is 2.59. The van der Waals surface area contributed by atoms with Gasteiger partial charge in [-0.2, -0.15) is 0 Å². The van der Waals surface area contributed by atoms with Crippen LogP contribution in [0.2, 0.25) is 0 Å². The maximum atomic E-state index is 3.39. The number of nitrogens with one attached hydrogen (secondary N) is 1. The van der Waals surface area contributed by atoms with Gasteiger partial charge >= 0.3 is 0 Å². The van der Waals surface area contributed by atoms with Gasteiger partial charge in [-0.05, 0) is 24.7 Å². The first kappa shape index (κ1) is 9.10. The van der Waals surface area contributed by atoms with Gasteiger partial charge in [0.2, 0.25) is 0 Å². The molecule has 3 heteroatoms. The predicted molar refractivity (Wildman–Crippen MR) is 54.5 cm³/mol. The first-order chi connectivity index (χ1) is 5.33. The molecule has 0 radical (unpaired) electrons. The van der Waals surface area contributed by atoms with E-state index >= 15 is 0 Å². The molecule has 0 saturated carbocycles. The van der Waals surface area contributed by atoms with Crippen LogP contribution in [0, 0.1) is 0 Å². The third kappa shape index (κ3) is 3.27. The number of hydrogen-bond acceptors (Lipinski definition) is 2. The molecule has 1 N–H and O–H groups in total. The quantitative estimate of drug-likeness (QED) is 0.804. The van der Waals surface area contributed by atoms with E-state index in [1.54, 1.807) is 11.9 Å². The number of rotatable bonds is 3. The standard InChI is InChI=1S/C8H10BrNS/c1-10-11-6-7-2-4-8(9)5-3-7/h2-5,10H,6H2,1H3. The van der Waals surface area contributed by atoms with Crippen LogP contribution in [0.1, 0.15) is 5.56 Å². The molecule has 0 aliphatic rings. The van der Waals surface area contributed by atoms with Gasteiger partial charge in [0.15, 0.2) is 0 Å². The fraction of sp³-hybridized carbons (Fsp3) is 0.250. The smallest absolute Gasteiger partial charge is 0.0330 e. The topological polar surface area (TPSA) is 12.0 Å². The second-order valence-electron chi connectivity index (χ2n) is 2.12. The van der Waals surface area contributed by atoms with Gasteiger partial charge in [-0.25, -0.2) is 0 Å². The lowest BCUT2D eigenvalue weighted by Gasteiger charge is -1.98. The van der Waals surface area contributed by atoms with Crippen LogP contribution in [-0.4, -0.2) is 7.05 Å². The highest BCUT2D eigenvalue weighted by atomic mass is 79.9. The molecule has 0 atom stereocenters. The molecule has 1 aromatic carbocycles. The number of hydrogen-bond donors (Lipinski definition) is 1. The van der Waals surface area contributed by atoms with E-state index < -0.39 is 0 Å². The van der Waals surface area contributed by atoms with Crippen molar-refractivity contribution in [2.24, 2.45) is 0 Å². The Morgan fingerprint density at radius 1 is 1.36 bits per heavy atom. The van der Waals surface area contributed by atoms with Crippen molar-refractivity contribution in [3.8, 4) is 0 Å². The van der Waals surface area contributed by atoms with E-state index in [9.17, 15) is 0 Å². The molecule has 0 aliphatic heterocycles. The van der Waals surface area contributed by atoms with Crippen molar-refractivity contribution in [3.63, 3.8) is 0 Å². The van der Waals surface area contributed by atoms with Gasteiger partial charge in [0.1, 0.15) is 0 Å². The Labute approximate surface area is 79.8 Å². The summed E-state index contributed by atoms with van der Waals surface area (Å²) < 4.78 is 4.17. The summed E-state index contributed by atoms with van der Waals surface area (Å²) in [5, 5.41) is 0. The van der Waals surface area contributed by atoms with Crippen molar-refractivity contribution in [1.82, 2.24) is 4.72 Å². The maximum absolute atomic E-state index is 3.39. The molecule has 0 saturated heterocycles. The molecular weight excluding hydrogens is 222 g/mol. The zero-order valence-corrected chi connectivity index (χ0v) is 8.71. The van der Waals surface area contributed by atoms with E-state index in [-0.39, 0.29) is 0 Å². The van der Waals surface area contributed by atoms with Crippen LogP contribution in [0.4, 0.5) is 0 Å². The Hall–Kier alpha value is 0.01000. The lowest BCUT2D eigenvalue weighted by molar-refractivity contribution is 1.27. The van der Waals surface area contributed by atoms with E-state index in [1.165, 1.54) is 5.56 Å². The van der Waals surface area contributed by atoms with Gasteiger partial charge in [0.05, 0.1) is 0 Å². The lowest BCUT2D eigenvalue weighted by atomic mass is 10.2. The summed E-state index contributed by atoms with van der Waals surface area (Å²) in [6.07, 6.45) is 0. The molecule has 0 bridgehead atoms. The fourth-order valence-corrected chi connectivity index (χ4v) is 1.50. The summed E-state index contributed by atoms with van der Waals surface area (Å²) in [7, 11) is 1.93. The summed E-state index contributed by atoms with van der Waals surface area (Å²) in [4.78, 5) is 0. The van der Waals surface area contributed by atoms with E-state index in [4.69, 9.17) is 0 Å². The van der Waals surface area contributed by atoms with E-state index in [0.717, 1.165) is 10.2 Å².